The van der Waals surface area contributed by atoms with Crippen molar-refractivity contribution in [3.05, 3.63) is 0 Å². The molecule has 0 aromatic rings. The maximum Gasteiger partial charge on any atom is 0.335 e. The molecule has 2 saturated heterocycles. The Kier molecular flexibility index (Phi) is 2.07. The van der Waals surface area contributed by atoms with E-state index in [0.717, 1.165) is 0 Å². The molecule has 2 heterocycles. The van der Waals surface area contributed by atoms with Crippen molar-refractivity contribution in [3.63, 3.8) is 0 Å². The minimum Gasteiger partial charge on any atom is -0.467 e. The number of hydrogen-bond acceptors (Lipinski definition) is 4. The van der Waals surface area contributed by atoms with Gasteiger partial charge in [0.15, 0.2) is 5.54 Å². The quantitative estimate of drug-likeness (QED) is 0.506. The predicted molar refractivity (Wildman–Crippen MR) is 47.7 cm³/mol. The van der Waals surface area contributed by atoms with Crippen molar-refractivity contribution in [2.45, 2.75) is 5.54 Å². The molecular weight excluding hydrogens is 186 g/mol. The number of esters is 1. The second-order valence-corrected chi connectivity index (χ2v) is 3.51. The number of amides is 2. The first kappa shape index (κ1) is 9.26. The van der Waals surface area contributed by atoms with Gasteiger partial charge in [-0.2, -0.15) is 0 Å². The SMILES string of the molecule is COC(=O)[C@]12CNCCN1C(=O)NC2. The van der Waals surface area contributed by atoms with Crippen LogP contribution in [0.25, 0.3) is 0 Å². The van der Waals surface area contributed by atoms with Crippen LogP contribution in [-0.4, -0.2) is 55.7 Å². The third kappa shape index (κ3) is 1.07. The highest BCUT2D eigenvalue weighted by Crippen LogP contribution is 2.23. The summed E-state index contributed by atoms with van der Waals surface area (Å²) in [5, 5.41) is 5.76. The molecule has 2 rings (SSSR count). The molecule has 0 aliphatic carbocycles. The van der Waals surface area contributed by atoms with Gasteiger partial charge in [0, 0.05) is 19.6 Å². The number of ether oxygens (including phenoxy) is 1. The second kappa shape index (κ2) is 3.13. The van der Waals surface area contributed by atoms with Gasteiger partial charge >= 0.3 is 12.0 Å². The lowest BCUT2D eigenvalue weighted by Crippen LogP contribution is -2.64. The van der Waals surface area contributed by atoms with Crippen LogP contribution in [0.5, 0.6) is 0 Å². The Morgan fingerprint density at radius 1 is 1.57 bits per heavy atom. The van der Waals surface area contributed by atoms with E-state index in [-0.39, 0.29) is 12.0 Å². The Labute approximate surface area is 81.6 Å². The number of urea groups is 1. The second-order valence-electron chi connectivity index (χ2n) is 3.51. The molecule has 0 bridgehead atoms. The van der Waals surface area contributed by atoms with E-state index in [1.807, 2.05) is 0 Å². The van der Waals surface area contributed by atoms with Crippen molar-refractivity contribution in [2.75, 3.05) is 33.3 Å². The van der Waals surface area contributed by atoms with E-state index in [1.54, 1.807) is 4.90 Å². The molecule has 2 amide bonds. The summed E-state index contributed by atoms with van der Waals surface area (Å²) in [6.07, 6.45) is 0. The number of rotatable bonds is 1. The van der Waals surface area contributed by atoms with Crippen LogP contribution < -0.4 is 10.6 Å². The van der Waals surface area contributed by atoms with Gasteiger partial charge in [-0.3, -0.25) is 0 Å². The Hall–Kier alpha value is -1.30. The zero-order valence-electron chi connectivity index (χ0n) is 8.00. The topological polar surface area (TPSA) is 70.7 Å². The van der Waals surface area contributed by atoms with Gasteiger partial charge in [-0.15, -0.1) is 0 Å². The molecule has 2 aliphatic heterocycles. The van der Waals surface area contributed by atoms with Crippen molar-refractivity contribution in [1.29, 1.82) is 0 Å². The van der Waals surface area contributed by atoms with Crippen molar-refractivity contribution >= 4 is 12.0 Å². The van der Waals surface area contributed by atoms with Gasteiger partial charge in [0.2, 0.25) is 0 Å². The number of carbonyl (C=O) groups excluding carboxylic acids is 2. The standard InChI is InChI=1S/C8H13N3O3/c1-14-6(12)8-4-9-2-3-11(8)7(13)10-5-8/h9H,2-5H2,1H3,(H,10,13)/t8-/m1/s1. The van der Waals surface area contributed by atoms with E-state index in [1.165, 1.54) is 7.11 Å². The average Bonchev–Trinajstić information content (AvgIpc) is 2.57. The summed E-state index contributed by atoms with van der Waals surface area (Å²) in [5.74, 6) is -0.358. The largest absolute Gasteiger partial charge is 0.467 e. The summed E-state index contributed by atoms with van der Waals surface area (Å²) >= 11 is 0. The molecule has 2 N–H and O–H groups in total. The van der Waals surface area contributed by atoms with E-state index < -0.39 is 5.54 Å². The van der Waals surface area contributed by atoms with Crippen LogP contribution in [0.1, 0.15) is 0 Å². The Morgan fingerprint density at radius 3 is 3.07 bits per heavy atom. The Balaban J connectivity index is 2.29. The third-order valence-corrected chi connectivity index (χ3v) is 2.79. The van der Waals surface area contributed by atoms with Gasteiger partial charge in [-0.25, -0.2) is 9.59 Å². The molecule has 0 spiro atoms. The number of fused-ring (bicyclic) bond motifs is 1. The molecule has 6 nitrogen and oxygen atoms in total. The fourth-order valence-corrected chi connectivity index (χ4v) is 2.01. The van der Waals surface area contributed by atoms with Crippen LogP contribution in [0.3, 0.4) is 0 Å². The van der Waals surface area contributed by atoms with Crippen LogP contribution in [0.15, 0.2) is 0 Å². The number of carbonyl (C=O) groups is 2. The summed E-state index contributed by atoms with van der Waals surface area (Å²) < 4.78 is 4.73. The maximum absolute atomic E-state index is 11.6. The molecular formula is C8H13N3O3. The first-order valence-electron chi connectivity index (χ1n) is 4.55. The van der Waals surface area contributed by atoms with Gasteiger partial charge in [0.05, 0.1) is 13.7 Å². The van der Waals surface area contributed by atoms with Crippen LogP contribution >= 0.6 is 0 Å². The zero-order valence-corrected chi connectivity index (χ0v) is 8.00. The molecule has 0 aromatic carbocycles. The molecule has 2 fully saturated rings. The molecule has 0 aromatic heterocycles. The molecule has 2 aliphatic rings. The third-order valence-electron chi connectivity index (χ3n) is 2.79. The van der Waals surface area contributed by atoms with E-state index in [0.29, 0.717) is 26.2 Å². The molecule has 0 saturated carbocycles. The van der Waals surface area contributed by atoms with Crippen molar-refractivity contribution < 1.29 is 14.3 Å². The summed E-state index contributed by atoms with van der Waals surface area (Å²) in [5.41, 5.74) is -0.829. The summed E-state index contributed by atoms with van der Waals surface area (Å²) in [6, 6.07) is -0.183. The van der Waals surface area contributed by atoms with Crippen molar-refractivity contribution in [2.24, 2.45) is 0 Å². The van der Waals surface area contributed by atoms with Crippen LogP contribution in [0.4, 0.5) is 4.79 Å². The molecule has 78 valence electrons. The van der Waals surface area contributed by atoms with Gasteiger partial charge in [-0.1, -0.05) is 0 Å². The summed E-state index contributed by atoms with van der Waals surface area (Å²) in [4.78, 5) is 24.6. The fraction of sp³-hybridized carbons (Fsp3) is 0.750. The molecule has 1 atom stereocenters. The van der Waals surface area contributed by atoms with Crippen molar-refractivity contribution in [3.8, 4) is 0 Å². The monoisotopic (exact) mass is 199 g/mol. The highest BCUT2D eigenvalue weighted by atomic mass is 16.5. The van der Waals surface area contributed by atoms with Crippen molar-refractivity contribution in [1.82, 2.24) is 15.5 Å². The number of methoxy groups -OCH3 is 1. The first-order chi connectivity index (χ1) is 6.70. The zero-order chi connectivity index (χ0) is 10.2. The number of nitrogens with zero attached hydrogens (tertiary/aromatic N) is 1. The maximum atomic E-state index is 11.6. The summed E-state index contributed by atoms with van der Waals surface area (Å²) in [7, 11) is 1.34. The highest BCUT2D eigenvalue weighted by Gasteiger charge is 2.53. The lowest BCUT2D eigenvalue weighted by molar-refractivity contribution is -0.152. The molecule has 6 heteroatoms. The predicted octanol–water partition coefficient (Wildman–Crippen LogP) is -1.47. The van der Waals surface area contributed by atoms with E-state index >= 15 is 0 Å². The van der Waals surface area contributed by atoms with Gasteiger partial charge in [-0.05, 0) is 0 Å². The summed E-state index contributed by atoms with van der Waals surface area (Å²) in [6.45, 7) is 2.04. The smallest absolute Gasteiger partial charge is 0.335 e. The molecule has 0 unspecified atom stereocenters. The fourth-order valence-electron chi connectivity index (χ4n) is 2.01. The lowest BCUT2D eigenvalue weighted by atomic mass is 9.97. The number of hydrogen-bond donors (Lipinski definition) is 2. The molecule has 14 heavy (non-hydrogen) atoms. The minimum atomic E-state index is -0.829. The average molecular weight is 199 g/mol. The van der Waals surface area contributed by atoms with Crippen LogP contribution in [-0.2, 0) is 9.53 Å². The van der Waals surface area contributed by atoms with Gasteiger partial charge in [0.1, 0.15) is 0 Å². The van der Waals surface area contributed by atoms with E-state index in [2.05, 4.69) is 10.6 Å². The highest BCUT2D eigenvalue weighted by molar-refractivity contribution is 5.91. The Bertz CT molecular complexity index is 281. The van der Waals surface area contributed by atoms with Gasteiger partial charge < -0.3 is 20.3 Å². The normalized spacial score (nSPS) is 30.9. The van der Waals surface area contributed by atoms with E-state index in [9.17, 15) is 9.59 Å². The van der Waals surface area contributed by atoms with Gasteiger partial charge in [0.25, 0.3) is 0 Å². The number of nitrogens with one attached hydrogen (secondary N) is 2. The van der Waals surface area contributed by atoms with Crippen LogP contribution in [0, 0.1) is 0 Å². The molecule has 0 radical (unpaired) electrons. The lowest BCUT2D eigenvalue weighted by Gasteiger charge is -2.38. The van der Waals surface area contributed by atoms with Crippen LogP contribution in [0.2, 0.25) is 0 Å². The first-order valence-corrected chi connectivity index (χ1v) is 4.55. The van der Waals surface area contributed by atoms with E-state index in [4.69, 9.17) is 4.74 Å². The number of piperazine rings is 1. The minimum absolute atomic E-state index is 0.183. The Morgan fingerprint density at radius 2 is 2.36 bits per heavy atom.